The summed E-state index contributed by atoms with van der Waals surface area (Å²) in [5, 5.41) is 3.42. The third-order valence-corrected chi connectivity index (χ3v) is 3.64. The molecule has 1 heterocycles. The molecular formula is C16H26N2O. The summed E-state index contributed by atoms with van der Waals surface area (Å²) in [6, 6.07) is 4.94. The van der Waals surface area contributed by atoms with Gasteiger partial charge in [-0.1, -0.05) is 26.8 Å². The van der Waals surface area contributed by atoms with Crippen molar-refractivity contribution in [1.29, 1.82) is 0 Å². The molecule has 3 heteroatoms. The Bertz CT molecular complexity index is 504. The molecule has 0 bridgehead atoms. The van der Waals surface area contributed by atoms with Crippen molar-refractivity contribution in [3.8, 4) is 0 Å². The van der Waals surface area contributed by atoms with Gasteiger partial charge in [-0.05, 0) is 32.8 Å². The van der Waals surface area contributed by atoms with Crippen molar-refractivity contribution in [2.75, 3.05) is 0 Å². The summed E-state index contributed by atoms with van der Waals surface area (Å²) < 4.78 is 1.95. The molecule has 0 radical (unpaired) electrons. The van der Waals surface area contributed by atoms with Crippen LogP contribution in [-0.4, -0.2) is 10.6 Å². The van der Waals surface area contributed by atoms with Crippen LogP contribution in [0.3, 0.4) is 0 Å². The second-order valence-corrected chi connectivity index (χ2v) is 6.92. The van der Waals surface area contributed by atoms with Crippen molar-refractivity contribution in [3.05, 3.63) is 33.7 Å². The molecule has 0 saturated heterocycles. The summed E-state index contributed by atoms with van der Waals surface area (Å²) in [5.74, 6) is 0. The first-order valence-corrected chi connectivity index (χ1v) is 7.29. The molecule has 19 heavy (non-hydrogen) atoms. The number of nitrogens with one attached hydrogen (secondary N) is 1. The van der Waals surface area contributed by atoms with Crippen LogP contribution in [0.2, 0.25) is 0 Å². The fourth-order valence-electron chi connectivity index (χ4n) is 2.40. The molecule has 0 atom stereocenters. The Morgan fingerprint density at radius 1 is 1.32 bits per heavy atom. The topological polar surface area (TPSA) is 34.0 Å². The Balaban J connectivity index is 2.38. The van der Waals surface area contributed by atoms with Crippen LogP contribution >= 0.6 is 0 Å². The molecule has 1 fully saturated rings. The second-order valence-electron chi connectivity index (χ2n) is 6.92. The lowest BCUT2D eigenvalue weighted by atomic mass is 9.90. The minimum absolute atomic E-state index is 0.00805. The summed E-state index contributed by atoms with van der Waals surface area (Å²) >= 11 is 0. The van der Waals surface area contributed by atoms with Crippen LogP contribution in [0.25, 0.3) is 0 Å². The van der Waals surface area contributed by atoms with E-state index in [9.17, 15) is 4.79 Å². The minimum atomic E-state index is -0.00805. The van der Waals surface area contributed by atoms with E-state index in [0.29, 0.717) is 12.6 Å². The highest BCUT2D eigenvalue weighted by Gasteiger charge is 2.23. The van der Waals surface area contributed by atoms with Crippen molar-refractivity contribution in [2.45, 2.75) is 71.5 Å². The quantitative estimate of drug-likeness (QED) is 0.905. The maximum Gasteiger partial charge on any atom is 0.255 e. The summed E-state index contributed by atoms with van der Waals surface area (Å²) in [6.07, 6.45) is 2.50. The van der Waals surface area contributed by atoms with Crippen LogP contribution in [0.1, 0.15) is 64.8 Å². The Morgan fingerprint density at radius 2 is 1.95 bits per heavy atom. The highest BCUT2D eigenvalue weighted by molar-refractivity contribution is 5.22. The van der Waals surface area contributed by atoms with Gasteiger partial charge in [0.05, 0.1) is 0 Å². The van der Waals surface area contributed by atoms with Crippen LogP contribution in [0, 0.1) is 0 Å². The maximum absolute atomic E-state index is 12.6. The predicted molar refractivity (Wildman–Crippen MR) is 79.6 cm³/mol. The SMILES string of the molecule is CC(C)n1c(C(C)(C)C)ccc(CNC2CC2)c1=O. The minimum Gasteiger partial charge on any atom is -0.310 e. The molecule has 0 spiro atoms. The zero-order valence-electron chi connectivity index (χ0n) is 12.8. The van der Waals surface area contributed by atoms with Crippen molar-refractivity contribution < 1.29 is 0 Å². The molecule has 1 aliphatic rings. The van der Waals surface area contributed by atoms with E-state index in [2.05, 4.69) is 46.0 Å². The molecule has 2 rings (SSSR count). The monoisotopic (exact) mass is 262 g/mol. The van der Waals surface area contributed by atoms with Gasteiger partial charge < -0.3 is 9.88 Å². The Labute approximate surface area is 116 Å². The van der Waals surface area contributed by atoms with Crippen molar-refractivity contribution in [1.82, 2.24) is 9.88 Å². The number of aromatic nitrogens is 1. The zero-order chi connectivity index (χ0) is 14.2. The van der Waals surface area contributed by atoms with E-state index in [1.54, 1.807) is 0 Å². The molecule has 0 amide bonds. The van der Waals surface area contributed by atoms with Gasteiger partial charge in [0.1, 0.15) is 0 Å². The molecule has 0 unspecified atom stereocenters. The van der Waals surface area contributed by atoms with Gasteiger partial charge in [0.2, 0.25) is 0 Å². The molecule has 0 aromatic carbocycles. The van der Waals surface area contributed by atoms with E-state index in [-0.39, 0.29) is 17.0 Å². The predicted octanol–water partition coefficient (Wildman–Crippen LogP) is 2.98. The van der Waals surface area contributed by atoms with Crippen LogP contribution in [0.5, 0.6) is 0 Å². The molecule has 1 aliphatic carbocycles. The lowest BCUT2D eigenvalue weighted by Crippen LogP contribution is -2.34. The molecule has 106 valence electrons. The van der Waals surface area contributed by atoms with E-state index < -0.39 is 0 Å². The summed E-state index contributed by atoms with van der Waals surface area (Å²) in [6.45, 7) is 11.3. The van der Waals surface area contributed by atoms with Crippen molar-refractivity contribution >= 4 is 0 Å². The van der Waals surface area contributed by atoms with Gasteiger partial charge >= 0.3 is 0 Å². The highest BCUT2D eigenvalue weighted by Crippen LogP contribution is 2.24. The van der Waals surface area contributed by atoms with E-state index in [1.807, 2.05) is 10.6 Å². The standard InChI is InChI=1S/C16H26N2O/c1-11(2)18-14(16(3,4)5)9-6-12(15(18)19)10-17-13-7-8-13/h6,9,11,13,17H,7-8,10H2,1-5H3. The second kappa shape index (κ2) is 5.12. The van der Waals surface area contributed by atoms with Crippen molar-refractivity contribution in [2.24, 2.45) is 0 Å². The number of pyridine rings is 1. The Morgan fingerprint density at radius 3 is 2.42 bits per heavy atom. The molecule has 3 nitrogen and oxygen atoms in total. The van der Waals surface area contributed by atoms with Gasteiger partial charge in [0, 0.05) is 35.3 Å². The van der Waals surface area contributed by atoms with E-state index in [0.717, 1.165) is 11.3 Å². The number of hydrogen-bond donors (Lipinski definition) is 1. The van der Waals surface area contributed by atoms with Gasteiger partial charge in [-0.3, -0.25) is 4.79 Å². The maximum atomic E-state index is 12.6. The van der Waals surface area contributed by atoms with Crippen LogP contribution in [0.15, 0.2) is 16.9 Å². The first kappa shape index (κ1) is 14.3. The van der Waals surface area contributed by atoms with Gasteiger partial charge in [0.15, 0.2) is 0 Å². The van der Waals surface area contributed by atoms with Crippen LogP contribution in [0.4, 0.5) is 0 Å². The summed E-state index contributed by atoms with van der Waals surface area (Å²) in [4.78, 5) is 12.6. The normalized spacial score (nSPS) is 16.1. The Hall–Kier alpha value is -1.09. The van der Waals surface area contributed by atoms with E-state index in [1.165, 1.54) is 12.8 Å². The summed E-state index contributed by atoms with van der Waals surface area (Å²) in [7, 11) is 0. The van der Waals surface area contributed by atoms with Gasteiger partial charge in [-0.15, -0.1) is 0 Å². The molecule has 1 saturated carbocycles. The fraction of sp³-hybridized carbons (Fsp3) is 0.688. The first-order chi connectivity index (χ1) is 8.80. The fourth-order valence-corrected chi connectivity index (χ4v) is 2.40. The first-order valence-electron chi connectivity index (χ1n) is 7.29. The molecule has 1 aromatic heterocycles. The lowest BCUT2D eigenvalue weighted by Gasteiger charge is -2.27. The zero-order valence-corrected chi connectivity index (χ0v) is 12.8. The smallest absolute Gasteiger partial charge is 0.255 e. The molecule has 1 aromatic rings. The molecule has 0 aliphatic heterocycles. The van der Waals surface area contributed by atoms with Crippen LogP contribution < -0.4 is 10.9 Å². The van der Waals surface area contributed by atoms with Crippen molar-refractivity contribution in [3.63, 3.8) is 0 Å². The average molecular weight is 262 g/mol. The number of rotatable bonds is 4. The number of hydrogen-bond acceptors (Lipinski definition) is 2. The number of nitrogens with zero attached hydrogens (tertiary/aromatic N) is 1. The van der Waals surface area contributed by atoms with Crippen LogP contribution in [-0.2, 0) is 12.0 Å². The van der Waals surface area contributed by atoms with Gasteiger partial charge in [-0.25, -0.2) is 0 Å². The van der Waals surface area contributed by atoms with E-state index in [4.69, 9.17) is 0 Å². The third-order valence-electron chi connectivity index (χ3n) is 3.64. The largest absolute Gasteiger partial charge is 0.310 e. The Kier molecular flexibility index (Phi) is 3.86. The summed E-state index contributed by atoms with van der Waals surface area (Å²) in [5.41, 5.74) is 2.15. The lowest BCUT2D eigenvalue weighted by molar-refractivity contribution is 0.463. The van der Waals surface area contributed by atoms with E-state index >= 15 is 0 Å². The average Bonchev–Trinajstić information content (AvgIpc) is 3.09. The van der Waals surface area contributed by atoms with Gasteiger partial charge in [0.25, 0.3) is 5.56 Å². The highest BCUT2D eigenvalue weighted by atomic mass is 16.1. The molecular weight excluding hydrogens is 236 g/mol. The molecule has 1 N–H and O–H groups in total. The van der Waals surface area contributed by atoms with Gasteiger partial charge in [-0.2, -0.15) is 0 Å². The third kappa shape index (κ3) is 3.27.